The fraction of sp³-hybridized carbons (Fsp3) is 0.310. The minimum atomic E-state index is -0.918. The second kappa shape index (κ2) is 9.01. The molecular formula is C29H26F2N4O3. The molecule has 194 valence electrons. The molecule has 1 aromatic heterocycles. The Morgan fingerprint density at radius 2 is 1.89 bits per heavy atom. The van der Waals surface area contributed by atoms with Crippen molar-refractivity contribution < 1.29 is 23.2 Å². The van der Waals surface area contributed by atoms with Crippen molar-refractivity contribution >= 4 is 23.5 Å². The molecule has 6 rings (SSSR count). The number of hydrogen-bond acceptors (Lipinski definition) is 4. The lowest BCUT2D eigenvalue weighted by atomic mass is 9.79. The number of carbonyl (C=O) groups is 3. The van der Waals surface area contributed by atoms with Crippen LogP contribution in [0.4, 0.5) is 14.6 Å². The highest BCUT2D eigenvalue weighted by atomic mass is 19.2. The molecule has 2 N–H and O–H groups in total. The van der Waals surface area contributed by atoms with Gasteiger partial charge < -0.3 is 15.5 Å². The highest BCUT2D eigenvalue weighted by Crippen LogP contribution is 2.46. The third-order valence-corrected chi connectivity index (χ3v) is 8.14. The van der Waals surface area contributed by atoms with Crippen LogP contribution in [-0.4, -0.2) is 47.2 Å². The molecule has 38 heavy (non-hydrogen) atoms. The Hall–Kier alpha value is -4.14. The summed E-state index contributed by atoms with van der Waals surface area (Å²) >= 11 is 0. The van der Waals surface area contributed by atoms with Crippen molar-refractivity contribution in [2.45, 2.75) is 43.1 Å². The van der Waals surface area contributed by atoms with E-state index in [2.05, 4.69) is 15.6 Å². The molecule has 0 bridgehead atoms. The maximum atomic E-state index is 14.4. The van der Waals surface area contributed by atoms with Crippen LogP contribution < -0.4 is 10.6 Å². The zero-order valence-electron chi connectivity index (χ0n) is 20.8. The van der Waals surface area contributed by atoms with Crippen molar-refractivity contribution in [2.75, 3.05) is 18.9 Å². The first-order valence-electron chi connectivity index (χ1n) is 12.7. The number of amides is 3. The number of aromatic nitrogens is 1. The lowest BCUT2D eigenvalue weighted by Crippen LogP contribution is -2.46. The van der Waals surface area contributed by atoms with Gasteiger partial charge in [-0.3, -0.25) is 14.4 Å². The van der Waals surface area contributed by atoms with Crippen LogP contribution in [0.3, 0.4) is 0 Å². The topological polar surface area (TPSA) is 91.4 Å². The number of hydrogen-bond donors (Lipinski definition) is 2. The van der Waals surface area contributed by atoms with Crippen molar-refractivity contribution in [2.24, 2.45) is 0 Å². The second-order valence-electron chi connectivity index (χ2n) is 10.4. The molecule has 1 fully saturated rings. The normalized spacial score (nSPS) is 24.1. The van der Waals surface area contributed by atoms with Crippen LogP contribution in [0, 0.1) is 11.6 Å². The minimum Gasteiger partial charge on any atom is -0.343 e. The molecule has 1 aliphatic carbocycles. The highest BCUT2D eigenvalue weighted by molar-refractivity contribution is 6.06. The Kier molecular flexibility index (Phi) is 5.74. The standard InChI is InChI=1S/C29H26F2N4O3/c1-35-15-18(20-4-2-6-22(30)24(20)31)9-10-23(27(35)37)33-26(36)16-7-8-17-13-29(14-19(17)12-16)21-5-3-11-32-25(21)34-28(29)38/h2-8,11-12,18,23H,9-10,13-15H2,1H3,(H,33,36)(H,32,34,38)/t18-,23?,29?/m1/s1. The maximum Gasteiger partial charge on any atom is 0.251 e. The van der Waals surface area contributed by atoms with E-state index in [9.17, 15) is 23.2 Å². The highest BCUT2D eigenvalue weighted by Gasteiger charge is 2.51. The molecule has 2 aliphatic heterocycles. The van der Waals surface area contributed by atoms with E-state index in [1.54, 1.807) is 25.4 Å². The van der Waals surface area contributed by atoms with Gasteiger partial charge in [0.05, 0.1) is 5.41 Å². The molecule has 3 aromatic rings. The number of fused-ring (bicyclic) bond motifs is 3. The Bertz CT molecular complexity index is 1490. The van der Waals surface area contributed by atoms with Gasteiger partial charge in [0.1, 0.15) is 11.9 Å². The van der Waals surface area contributed by atoms with E-state index in [0.717, 1.165) is 22.8 Å². The zero-order valence-corrected chi connectivity index (χ0v) is 20.8. The van der Waals surface area contributed by atoms with Crippen LogP contribution in [0.15, 0.2) is 54.7 Å². The molecule has 3 atom stereocenters. The quantitative estimate of drug-likeness (QED) is 0.558. The first-order chi connectivity index (χ1) is 18.3. The van der Waals surface area contributed by atoms with Crippen LogP contribution in [0.1, 0.15) is 51.4 Å². The predicted octanol–water partition coefficient (Wildman–Crippen LogP) is 3.48. The number of rotatable bonds is 3. The summed E-state index contributed by atoms with van der Waals surface area (Å²) < 4.78 is 28.2. The minimum absolute atomic E-state index is 0.0928. The van der Waals surface area contributed by atoms with E-state index >= 15 is 0 Å². The third kappa shape index (κ3) is 3.84. The molecular weight excluding hydrogens is 490 g/mol. The van der Waals surface area contributed by atoms with E-state index in [4.69, 9.17) is 0 Å². The van der Waals surface area contributed by atoms with E-state index < -0.39 is 29.0 Å². The lowest BCUT2D eigenvalue weighted by molar-refractivity contribution is -0.131. The number of anilines is 1. The Morgan fingerprint density at radius 3 is 2.74 bits per heavy atom. The van der Waals surface area contributed by atoms with Gasteiger partial charge in [-0.15, -0.1) is 0 Å². The summed E-state index contributed by atoms with van der Waals surface area (Å²) in [5.74, 6) is -2.38. The molecule has 3 aliphatic rings. The van der Waals surface area contributed by atoms with Gasteiger partial charge in [0.2, 0.25) is 11.8 Å². The summed E-state index contributed by atoms with van der Waals surface area (Å²) in [6.45, 7) is 0.227. The maximum absolute atomic E-state index is 14.4. The fourth-order valence-corrected chi connectivity index (χ4v) is 6.14. The summed E-state index contributed by atoms with van der Waals surface area (Å²) in [7, 11) is 1.60. The van der Waals surface area contributed by atoms with Gasteiger partial charge in [-0.1, -0.05) is 24.3 Å². The molecule has 9 heteroatoms. The van der Waals surface area contributed by atoms with E-state index in [1.807, 2.05) is 18.2 Å². The van der Waals surface area contributed by atoms with Crippen LogP contribution in [0.2, 0.25) is 0 Å². The predicted molar refractivity (Wildman–Crippen MR) is 136 cm³/mol. The van der Waals surface area contributed by atoms with Crippen LogP contribution in [0.25, 0.3) is 0 Å². The first-order valence-corrected chi connectivity index (χ1v) is 12.7. The van der Waals surface area contributed by atoms with E-state index in [0.29, 0.717) is 37.1 Å². The Morgan fingerprint density at radius 1 is 1.08 bits per heavy atom. The van der Waals surface area contributed by atoms with Crippen LogP contribution >= 0.6 is 0 Å². The number of carbonyl (C=O) groups excluding carboxylic acids is 3. The molecule has 3 amide bonds. The largest absolute Gasteiger partial charge is 0.343 e. The third-order valence-electron chi connectivity index (χ3n) is 8.14. The van der Waals surface area contributed by atoms with Gasteiger partial charge in [0.15, 0.2) is 11.6 Å². The lowest BCUT2D eigenvalue weighted by Gasteiger charge is -2.22. The number of nitrogens with zero attached hydrogens (tertiary/aromatic N) is 2. The smallest absolute Gasteiger partial charge is 0.251 e. The zero-order chi connectivity index (χ0) is 26.6. The van der Waals surface area contributed by atoms with Crippen molar-refractivity contribution in [3.63, 3.8) is 0 Å². The summed E-state index contributed by atoms with van der Waals surface area (Å²) in [5.41, 5.74) is 2.68. The van der Waals surface area contributed by atoms with Crippen molar-refractivity contribution in [1.29, 1.82) is 0 Å². The van der Waals surface area contributed by atoms with Crippen LogP contribution in [-0.2, 0) is 27.8 Å². The monoisotopic (exact) mass is 516 g/mol. The van der Waals surface area contributed by atoms with Gasteiger partial charge in [-0.25, -0.2) is 13.8 Å². The molecule has 3 heterocycles. The molecule has 7 nitrogen and oxygen atoms in total. The van der Waals surface area contributed by atoms with Gasteiger partial charge in [-0.05, 0) is 66.6 Å². The molecule has 1 saturated heterocycles. The van der Waals surface area contributed by atoms with Gasteiger partial charge >= 0.3 is 0 Å². The number of nitrogens with one attached hydrogen (secondary N) is 2. The van der Waals surface area contributed by atoms with E-state index in [-0.39, 0.29) is 29.8 Å². The summed E-state index contributed by atoms with van der Waals surface area (Å²) in [6.07, 6.45) is 3.34. The summed E-state index contributed by atoms with van der Waals surface area (Å²) in [6, 6.07) is 12.4. The molecule has 0 radical (unpaired) electrons. The van der Waals surface area contributed by atoms with Crippen molar-refractivity contribution in [1.82, 2.24) is 15.2 Å². The summed E-state index contributed by atoms with van der Waals surface area (Å²) in [5, 5.41) is 5.72. The molecule has 2 aromatic carbocycles. The summed E-state index contributed by atoms with van der Waals surface area (Å²) in [4.78, 5) is 45.0. The molecule has 0 saturated carbocycles. The first kappa shape index (κ1) is 24.2. The number of pyridine rings is 1. The van der Waals surface area contributed by atoms with E-state index in [1.165, 1.54) is 17.0 Å². The van der Waals surface area contributed by atoms with Gasteiger partial charge in [-0.2, -0.15) is 0 Å². The number of halogens is 2. The number of likely N-dealkylation sites (tertiary alicyclic amines) is 1. The Balaban J connectivity index is 1.19. The molecule has 2 unspecified atom stereocenters. The van der Waals surface area contributed by atoms with Gasteiger partial charge in [0.25, 0.3) is 5.91 Å². The average molecular weight is 517 g/mol. The van der Waals surface area contributed by atoms with Crippen molar-refractivity contribution in [3.8, 4) is 0 Å². The second-order valence-corrected chi connectivity index (χ2v) is 10.4. The number of likely N-dealkylation sites (N-methyl/N-ethyl adjacent to an activating group) is 1. The average Bonchev–Trinajstić information content (AvgIpc) is 3.38. The Labute approximate surface area is 218 Å². The molecule has 1 spiro atoms. The van der Waals surface area contributed by atoms with Crippen LogP contribution in [0.5, 0.6) is 0 Å². The van der Waals surface area contributed by atoms with Crippen molar-refractivity contribution in [3.05, 3.63) is 94.2 Å². The fourth-order valence-electron chi connectivity index (χ4n) is 6.14. The number of benzene rings is 2. The van der Waals surface area contributed by atoms with Gasteiger partial charge in [0, 0.05) is 36.8 Å². The SMILES string of the molecule is CN1C[C@H](c2cccc(F)c2F)CCC(NC(=O)c2ccc3c(c2)CC2(C3)C(=O)Nc3ncccc32)C1=O.